The van der Waals surface area contributed by atoms with E-state index in [1.54, 1.807) is 5.51 Å². The van der Waals surface area contributed by atoms with Crippen LogP contribution in [0.25, 0.3) is 0 Å². The van der Waals surface area contributed by atoms with Crippen LogP contribution in [0.2, 0.25) is 0 Å². The lowest BCUT2D eigenvalue weighted by molar-refractivity contribution is 0.103. The summed E-state index contributed by atoms with van der Waals surface area (Å²) in [5.74, 6) is 0.306. The molecule has 2 rings (SSSR count). The summed E-state index contributed by atoms with van der Waals surface area (Å²) in [6.07, 6.45) is 0. The number of carbonyl (C=O) groups excluding carboxylic acids is 1. The van der Waals surface area contributed by atoms with Crippen LogP contribution >= 0.6 is 22.9 Å². The van der Waals surface area contributed by atoms with Crippen LogP contribution in [0.4, 0.5) is 5.69 Å². The van der Waals surface area contributed by atoms with Crippen molar-refractivity contribution in [2.24, 2.45) is 0 Å². The second kappa shape index (κ2) is 5.29. The summed E-state index contributed by atoms with van der Waals surface area (Å²) in [4.78, 5) is 16.6. The molecule has 2 aromatic rings. The van der Waals surface area contributed by atoms with Crippen LogP contribution in [0.1, 0.15) is 20.9 Å². The number of aromatic nitrogens is 1. The summed E-state index contributed by atoms with van der Waals surface area (Å²) in [6.45, 7) is 1.82. The molecule has 0 unspecified atom stereocenters. The highest BCUT2D eigenvalue weighted by Gasteiger charge is 2.11. The third kappa shape index (κ3) is 2.84. The van der Waals surface area contributed by atoms with Crippen LogP contribution < -0.4 is 5.32 Å². The molecule has 17 heavy (non-hydrogen) atoms. The van der Waals surface area contributed by atoms with Crippen molar-refractivity contribution in [2.45, 2.75) is 12.8 Å². The Balaban J connectivity index is 2.16. The predicted molar refractivity (Wildman–Crippen MR) is 70.8 cm³/mol. The first-order valence-corrected chi connectivity index (χ1v) is 6.48. The number of alkyl halides is 1. The predicted octanol–water partition coefficient (Wildman–Crippen LogP) is 3.44. The van der Waals surface area contributed by atoms with E-state index in [-0.39, 0.29) is 5.91 Å². The average Bonchev–Trinajstić information content (AvgIpc) is 2.76. The number of nitrogens with one attached hydrogen (secondary N) is 1. The van der Waals surface area contributed by atoms with Crippen LogP contribution in [0.15, 0.2) is 29.8 Å². The van der Waals surface area contributed by atoms with Crippen molar-refractivity contribution in [1.29, 1.82) is 0 Å². The number of aryl methyl sites for hydroxylation is 1. The zero-order chi connectivity index (χ0) is 12.3. The van der Waals surface area contributed by atoms with E-state index in [1.165, 1.54) is 11.3 Å². The molecule has 88 valence electrons. The lowest BCUT2D eigenvalue weighted by atomic mass is 10.2. The molecular weight excluding hydrogens is 256 g/mol. The monoisotopic (exact) mass is 266 g/mol. The van der Waals surface area contributed by atoms with Gasteiger partial charge in [0.15, 0.2) is 0 Å². The minimum Gasteiger partial charge on any atom is -0.321 e. The van der Waals surface area contributed by atoms with E-state index in [9.17, 15) is 4.79 Å². The second-order valence-corrected chi connectivity index (χ2v) is 4.68. The fourth-order valence-corrected chi connectivity index (χ4v) is 2.30. The maximum atomic E-state index is 11.9. The lowest BCUT2D eigenvalue weighted by Crippen LogP contribution is -2.11. The summed E-state index contributed by atoms with van der Waals surface area (Å²) >= 11 is 7.08. The SMILES string of the molecule is Cc1ncsc1C(=O)Nc1cccc(CCl)c1. The number of rotatable bonds is 3. The van der Waals surface area contributed by atoms with Gasteiger partial charge < -0.3 is 5.32 Å². The first-order valence-electron chi connectivity index (χ1n) is 5.07. The van der Waals surface area contributed by atoms with Crippen molar-refractivity contribution in [3.63, 3.8) is 0 Å². The zero-order valence-electron chi connectivity index (χ0n) is 9.24. The van der Waals surface area contributed by atoms with E-state index in [0.29, 0.717) is 10.8 Å². The van der Waals surface area contributed by atoms with Crippen LogP contribution in [0.3, 0.4) is 0 Å². The fraction of sp³-hybridized carbons (Fsp3) is 0.167. The Bertz CT molecular complexity index is 539. The summed E-state index contributed by atoms with van der Waals surface area (Å²) in [5, 5.41) is 2.83. The third-order valence-corrected chi connectivity index (χ3v) is 3.53. The molecule has 1 aromatic heterocycles. The van der Waals surface area contributed by atoms with Crippen molar-refractivity contribution < 1.29 is 4.79 Å². The standard InChI is InChI=1S/C12H11ClN2OS/c1-8-11(17-7-14-8)12(16)15-10-4-2-3-9(5-10)6-13/h2-5,7H,6H2,1H3,(H,15,16). The van der Waals surface area contributed by atoms with Gasteiger partial charge in [0.05, 0.1) is 11.2 Å². The number of anilines is 1. The van der Waals surface area contributed by atoms with Crippen molar-refractivity contribution in [2.75, 3.05) is 5.32 Å². The molecule has 1 amide bonds. The van der Waals surface area contributed by atoms with Gasteiger partial charge in [-0.05, 0) is 24.6 Å². The first-order chi connectivity index (χ1) is 8.20. The Morgan fingerprint density at radius 2 is 2.35 bits per heavy atom. The number of nitrogens with zero attached hydrogens (tertiary/aromatic N) is 1. The molecule has 0 fully saturated rings. The molecule has 0 atom stereocenters. The molecular formula is C12H11ClN2OS. The largest absolute Gasteiger partial charge is 0.321 e. The minimum atomic E-state index is -0.128. The van der Waals surface area contributed by atoms with Gasteiger partial charge >= 0.3 is 0 Å². The molecule has 0 radical (unpaired) electrons. The molecule has 0 spiro atoms. The normalized spacial score (nSPS) is 10.2. The van der Waals surface area contributed by atoms with Gasteiger partial charge in [-0.3, -0.25) is 4.79 Å². The topological polar surface area (TPSA) is 42.0 Å². The number of benzene rings is 1. The van der Waals surface area contributed by atoms with E-state index in [0.717, 1.165) is 16.9 Å². The highest BCUT2D eigenvalue weighted by atomic mass is 35.5. The molecule has 3 nitrogen and oxygen atoms in total. The van der Waals surface area contributed by atoms with Gasteiger partial charge in [-0.1, -0.05) is 12.1 Å². The van der Waals surface area contributed by atoms with Crippen LogP contribution in [-0.2, 0) is 5.88 Å². The van der Waals surface area contributed by atoms with E-state index in [2.05, 4.69) is 10.3 Å². The molecule has 1 aromatic carbocycles. The molecule has 5 heteroatoms. The quantitative estimate of drug-likeness (QED) is 0.865. The van der Waals surface area contributed by atoms with Crippen LogP contribution in [0.5, 0.6) is 0 Å². The minimum absolute atomic E-state index is 0.128. The highest BCUT2D eigenvalue weighted by Crippen LogP contribution is 2.17. The molecule has 0 saturated carbocycles. The molecule has 0 bridgehead atoms. The average molecular weight is 267 g/mol. The van der Waals surface area contributed by atoms with Crippen molar-refractivity contribution >= 4 is 34.5 Å². The highest BCUT2D eigenvalue weighted by molar-refractivity contribution is 7.12. The third-order valence-electron chi connectivity index (χ3n) is 2.29. The molecule has 1 N–H and O–H groups in total. The van der Waals surface area contributed by atoms with Gasteiger partial charge in [0.1, 0.15) is 4.88 Å². The van der Waals surface area contributed by atoms with Gasteiger partial charge in [-0.25, -0.2) is 4.98 Å². The summed E-state index contributed by atoms with van der Waals surface area (Å²) in [6, 6.07) is 7.49. The maximum absolute atomic E-state index is 11.9. The summed E-state index contributed by atoms with van der Waals surface area (Å²) in [5.41, 5.74) is 4.15. The smallest absolute Gasteiger partial charge is 0.267 e. The van der Waals surface area contributed by atoms with Crippen LogP contribution in [0, 0.1) is 6.92 Å². The van der Waals surface area contributed by atoms with E-state index < -0.39 is 0 Å². The fourth-order valence-electron chi connectivity index (χ4n) is 1.44. The number of hydrogen-bond donors (Lipinski definition) is 1. The van der Waals surface area contributed by atoms with Crippen molar-refractivity contribution in [1.82, 2.24) is 4.98 Å². The van der Waals surface area contributed by atoms with E-state index >= 15 is 0 Å². The van der Waals surface area contributed by atoms with Crippen molar-refractivity contribution in [3.8, 4) is 0 Å². The Kier molecular flexibility index (Phi) is 3.76. The number of thiazole rings is 1. The summed E-state index contributed by atoms with van der Waals surface area (Å²) < 4.78 is 0. The molecule has 0 aliphatic heterocycles. The number of amides is 1. The molecule has 1 heterocycles. The van der Waals surface area contributed by atoms with Gasteiger partial charge in [0, 0.05) is 11.6 Å². The molecule has 0 aliphatic rings. The van der Waals surface area contributed by atoms with Gasteiger partial charge in [-0.2, -0.15) is 0 Å². The Labute approximate surface area is 108 Å². The Morgan fingerprint density at radius 3 is 3.00 bits per heavy atom. The molecule has 0 saturated heterocycles. The number of halogens is 1. The number of carbonyl (C=O) groups is 1. The first kappa shape index (κ1) is 12.1. The lowest BCUT2D eigenvalue weighted by Gasteiger charge is -2.05. The summed E-state index contributed by atoms with van der Waals surface area (Å²) in [7, 11) is 0. The van der Waals surface area contributed by atoms with Gasteiger partial charge in [0.2, 0.25) is 0 Å². The van der Waals surface area contributed by atoms with E-state index in [4.69, 9.17) is 11.6 Å². The Morgan fingerprint density at radius 1 is 1.53 bits per heavy atom. The van der Waals surface area contributed by atoms with Crippen molar-refractivity contribution in [3.05, 3.63) is 45.9 Å². The second-order valence-electron chi connectivity index (χ2n) is 3.56. The maximum Gasteiger partial charge on any atom is 0.267 e. The Hall–Kier alpha value is -1.39. The van der Waals surface area contributed by atoms with Crippen LogP contribution in [-0.4, -0.2) is 10.9 Å². The van der Waals surface area contributed by atoms with Gasteiger partial charge in [-0.15, -0.1) is 22.9 Å². The molecule has 0 aliphatic carbocycles. The van der Waals surface area contributed by atoms with E-state index in [1.807, 2.05) is 31.2 Å². The van der Waals surface area contributed by atoms with Gasteiger partial charge in [0.25, 0.3) is 5.91 Å². The number of hydrogen-bond acceptors (Lipinski definition) is 3. The zero-order valence-corrected chi connectivity index (χ0v) is 10.8.